The van der Waals surface area contributed by atoms with E-state index in [1.54, 1.807) is 30.3 Å². The summed E-state index contributed by atoms with van der Waals surface area (Å²) in [5.41, 5.74) is 0.939. The topological polar surface area (TPSA) is 38.9 Å². The van der Waals surface area contributed by atoms with Crippen LogP contribution in [0, 0.1) is 38.1 Å². The molecule has 8 aromatic rings. The van der Waals surface area contributed by atoms with Crippen LogP contribution in [0.15, 0.2) is 120 Å². The zero-order valence-electron chi connectivity index (χ0n) is 40.2. The van der Waals surface area contributed by atoms with Crippen molar-refractivity contribution in [2.45, 2.75) is 53.9 Å². The number of hydrogen-bond acceptors (Lipinski definition) is 3. The summed E-state index contributed by atoms with van der Waals surface area (Å²) in [6.45, 7) is -2.29. The number of alkyl halides is 3. The van der Waals surface area contributed by atoms with Gasteiger partial charge in [-0.05, 0) is 82.2 Å². The molecule has 0 unspecified atom stereocenters. The predicted octanol–water partition coefficient (Wildman–Crippen LogP) is 13.3. The van der Waals surface area contributed by atoms with Gasteiger partial charge >= 0.3 is 6.18 Å². The molecule has 5 aromatic carbocycles. The maximum absolute atomic E-state index is 13.5. The number of halogens is 3. The van der Waals surface area contributed by atoms with Crippen LogP contribution in [0.2, 0.25) is 0 Å². The van der Waals surface area contributed by atoms with Crippen molar-refractivity contribution in [3.8, 4) is 33.6 Å². The maximum atomic E-state index is 13.5. The molecule has 3 aromatic heterocycles. The Balaban J connectivity index is 0.000000249. The molecule has 0 saturated heterocycles. The molecule has 275 valence electrons. The molecule has 8 rings (SSSR count). The van der Waals surface area contributed by atoms with Gasteiger partial charge in [-0.2, -0.15) is 13.2 Å². The van der Waals surface area contributed by atoms with E-state index in [0.717, 1.165) is 39.9 Å². The first-order chi connectivity index (χ1) is 29.7. The van der Waals surface area contributed by atoms with Crippen molar-refractivity contribution in [2.24, 2.45) is 5.41 Å². The van der Waals surface area contributed by atoms with Gasteiger partial charge in [-0.3, -0.25) is 0 Å². The minimum atomic E-state index is -4.79. The smallest absolute Gasteiger partial charge is 0.416 e. The van der Waals surface area contributed by atoms with Gasteiger partial charge < -0.3 is 14.4 Å². The molecule has 1 radical (unpaired) electrons. The Labute approximate surface area is 343 Å². The van der Waals surface area contributed by atoms with E-state index in [-0.39, 0.29) is 48.1 Å². The molecule has 0 fully saturated rings. The van der Waals surface area contributed by atoms with Crippen molar-refractivity contribution in [1.29, 1.82) is 0 Å². The maximum Gasteiger partial charge on any atom is 0.416 e. The van der Waals surface area contributed by atoms with Crippen molar-refractivity contribution in [3.63, 3.8) is 0 Å². The van der Waals surface area contributed by atoms with Crippen LogP contribution in [0.1, 0.15) is 63.7 Å². The number of rotatable bonds is 4. The average molecular weight is 908 g/mol. The summed E-state index contributed by atoms with van der Waals surface area (Å²) < 4.78 is 133. The van der Waals surface area contributed by atoms with E-state index in [9.17, 15) is 13.2 Å². The van der Waals surface area contributed by atoms with Crippen LogP contribution < -0.4 is 0 Å². The first-order valence-corrected chi connectivity index (χ1v) is 16.6. The van der Waals surface area contributed by atoms with E-state index in [4.69, 9.17) is 19.5 Å². The monoisotopic (exact) mass is 908 g/mol. The molecule has 3 heterocycles. The number of pyridine rings is 2. The molecule has 0 saturated carbocycles. The first-order valence-electron chi connectivity index (χ1n) is 22.1. The standard InChI is InChI=1S/C30H19F3NO.C17H20N.Ir/c1-17-14-20(30(31,32)33)11-13-21(17)26-15-27(34-16-18(26)2)25-9-5-8-23-24-12-10-19-6-3-4-7-22(19)28(24)35-29(23)25;1-13-5-8-15(9-6-13)16-10-7-14(12-18-16)11-17(2,3)4;/h3-8,10-16H,1-2H3;5-8,10,12H,11H2,1-4H3;/q2*-1;/i1D3,2D3;1D3,11D2;. The van der Waals surface area contributed by atoms with Crippen molar-refractivity contribution in [3.05, 3.63) is 155 Å². The third-order valence-electron chi connectivity index (χ3n) is 8.49. The van der Waals surface area contributed by atoms with Gasteiger partial charge in [0.15, 0.2) is 0 Å². The average Bonchev–Trinajstić information content (AvgIpc) is 3.62. The third kappa shape index (κ3) is 8.18. The van der Waals surface area contributed by atoms with Gasteiger partial charge in [-0.25, -0.2) is 0 Å². The molecule has 0 aliphatic carbocycles. The van der Waals surface area contributed by atoms with E-state index < -0.39 is 49.6 Å². The number of aromatic nitrogens is 2. The Morgan fingerprint density at radius 1 is 0.722 bits per heavy atom. The second-order valence-electron chi connectivity index (χ2n) is 13.5. The summed E-state index contributed by atoms with van der Waals surface area (Å²) in [7, 11) is 0. The Kier molecular flexibility index (Phi) is 7.56. The Hall–Kier alpha value is -5.10. The summed E-state index contributed by atoms with van der Waals surface area (Å²) in [4.78, 5) is 8.67. The van der Waals surface area contributed by atoms with Gasteiger partial charge in [0, 0.05) is 58.3 Å². The van der Waals surface area contributed by atoms with Crippen molar-refractivity contribution >= 4 is 32.7 Å². The number of nitrogens with zero attached hydrogens (tertiary/aromatic N) is 2. The number of hydrogen-bond donors (Lipinski definition) is 0. The number of furan rings is 1. The fourth-order valence-electron chi connectivity index (χ4n) is 6.07. The third-order valence-corrected chi connectivity index (χ3v) is 8.49. The van der Waals surface area contributed by atoms with Crippen LogP contribution in [0.5, 0.6) is 0 Å². The van der Waals surface area contributed by atoms with E-state index in [1.807, 2.05) is 63.2 Å². The number of fused-ring (bicyclic) bond motifs is 5. The molecular weight excluding hydrogens is 858 g/mol. The van der Waals surface area contributed by atoms with Crippen LogP contribution in [-0.2, 0) is 32.7 Å². The van der Waals surface area contributed by atoms with Crippen LogP contribution in [-0.4, -0.2) is 9.97 Å². The molecule has 7 heteroatoms. The minimum absolute atomic E-state index is 0. The Bertz CT molecular complexity index is 3010. The van der Waals surface area contributed by atoms with Crippen LogP contribution >= 0.6 is 0 Å². The number of aryl methyl sites for hydroxylation is 3. The largest absolute Gasteiger partial charge is 0.500 e. The van der Waals surface area contributed by atoms with Gasteiger partial charge in [0.05, 0.1) is 11.1 Å². The SMILES string of the molecule is [2H]C([2H])([2H])c1c[c-]c(-c2ccc(C([2H])([2H])C(C)(C)C)cn2)cc1.[2H]C([2H])([2H])c1cnc(-c2[c-]ccc3c2oc2c4ccccc4ccc32)cc1-c1ccc(C(F)(F)F)cc1C([2H])([2H])[2H].[Ir]. The van der Waals surface area contributed by atoms with E-state index in [1.165, 1.54) is 18.3 Å². The Morgan fingerprint density at radius 3 is 2.22 bits per heavy atom. The van der Waals surface area contributed by atoms with E-state index in [2.05, 4.69) is 22.1 Å². The quantitative estimate of drug-likeness (QED) is 0.165. The molecule has 0 amide bonds. The molecule has 0 aliphatic heterocycles. The molecule has 0 bridgehead atoms. The van der Waals surface area contributed by atoms with E-state index in [0.29, 0.717) is 39.6 Å². The fourth-order valence-corrected chi connectivity index (χ4v) is 6.07. The summed E-state index contributed by atoms with van der Waals surface area (Å²) in [5.74, 6) is 0. The van der Waals surface area contributed by atoms with Crippen molar-refractivity contribution in [1.82, 2.24) is 9.97 Å². The Morgan fingerprint density at radius 2 is 1.52 bits per heavy atom. The molecule has 0 atom stereocenters. The van der Waals surface area contributed by atoms with Gasteiger partial charge in [-0.1, -0.05) is 99.2 Å². The summed E-state index contributed by atoms with van der Waals surface area (Å²) >= 11 is 0. The molecule has 54 heavy (non-hydrogen) atoms. The normalized spacial score (nSPS) is 15.7. The zero-order chi connectivity index (χ0) is 46.8. The van der Waals surface area contributed by atoms with Gasteiger partial charge in [0.1, 0.15) is 5.58 Å². The molecular formula is C47H39F3IrN2O-2. The van der Waals surface area contributed by atoms with Crippen LogP contribution in [0.25, 0.3) is 66.4 Å². The minimum Gasteiger partial charge on any atom is -0.500 e. The summed E-state index contributed by atoms with van der Waals surface area (Å²) in [5, 5.41) is 3.48. The first kappa shape index (κ1) is 26.6. The van der Waals surface area contributed by atoms with Crippen LogP contribution in [0.3, 0.4) is 0 Å². The summed E-state index contributed by atoms with van der Waals surface area (Å²) in [6, 6.07) is 32.9. The summed E-state index contributed by atoms with van der Waals surface area (Å²) in [6.07, 6.45) is -3.65. The van der Waals surface area contributed by atoms with Crippen molar-refractivity contribution < 1.29 is 52.8 Å². The van der Waals surface area contributed by atoms with Gasteiger partial charge in [0.25, 0.3) is 0 Å². The second-order valence-corrected chi connectivity index (χ2v) is 13.5. The van der Waals surface area contributed by atoms with Gasteiger partial charge in [0.2, 0.25) is 0 Å². The predicted molar refractivity (Wildman–Crippen MR) is 210 cm³/mol. The van der Waals surface area contributed by atoms with Gasteiger partial charge in [-0.15, -0.1) is 53.6 Å². The van der Waals surface area contributed by atoms with Crippen LogP contribution in [0.4, 0.5) is 13.2 Å². The molecule has 3 nitrogen and oxygen atoms in total. The molecule has 0 aliphatic rings. The molecule has 0 spiro atoms. The van der Waals surface area contributed by atoms with E-state index >= 15 is 0 Å². The zero-order valence-corrected chi connectivity index (χ0v) is 31.6. The number of benzene rings is 5. The fraction of sp³-hybridized carbons (Fsp3) is 0.191. The second kappa shape index (κ2) is 15.3. The van der Waals surface area contributed by atoms with Crippen molar-refractivity contribution in [2.75, 3.05) is 0 Å². The molecule has 0 N–H and O–H groups in total.